The Morgan fingerprint density at radius 1 is 1.13 bits per heavy atom. The van der Waals surface area contributed by atoms with Crippen LogP contribution in [0.3, 0.4) is 0 Å². The van der Waals surface area contributed by atoms with E-state index in [1.165, 1.54) is 33.3 Å². The fraction of sp³-hybridized carbons (Fsp3) is 0.385. The van der Waals surface area contributed by atoms with Crippen LogP contribution in [0.4, 0.5) is 0 Å². The van der Waals surface area contributed by atoms with Gasteiger partial charge in [-0.3, -0.25) is 0 Å². The first-order chi connectivity index (χ1) is 7.07. The molecule has 0 saturated carbocycles. The molecular weight excluding hydrogens is 184 g/mol. The maximum Gasteiger partial charge on any atom is 0.0515 e. The second-order valence-corrected chi connectivity index (χ2v) is 4.25. The van der Waals surface area contributed by atoms with E-state index in [0.717, 1.165) is 0 Å². The molecule has 0 unspecified atom stereocenters. The van der Waals surface area contributed by atoms with Crippen LogP contribution >= 0.6 is 0 Å². The minimum absolute atomic E-state index is 0.619. The lowest BCUT2D eigenvalue weighted by atomic mass is 10.0. The minimum atomic E-state index is 0.619. The molecule has 0 spiro atoms. The van der Waals surface area contributed by atoms with Gasteiger partial charge in [-0.1, -0.05) is 12.1 Å². The molecule has 0 saturated heterocycles. The third-order valence-corrected chi connectivity index (χ3v) is 3.37. The van der Waals surface area contributed by atoms with Crippen LogP contribution in [0.15, 0.2) is 12.1 Å². The van der Waals surface area contributed by atoms with Crippen LogP contribution in [0, 0.1) is 20.8 Å². The summed E-state index contributed by atoms with van der Waals surface area (Å²) in [4.78, 5) is 0. The second kappa shape index (κ2) is 3.38. The summed E-state index contributed by atoms with van der Waals surface area (Å²) in [6, 6.07) is 4.35. The van der Waals surface area contributed by atoms with Gasteiger partial charge in [0.1, 0.15) is 0 Å². The second-order valence-electron chi connectivity index (χ2n) is 4.25. The predicted molar refractivity (Wildman–Crippen MR) is 65.0 cm³/mol. The van der Waals surface area contributed by atoms with E-state index in [1.807, 2.05) is 0 Å². The van der Waals surface area contributed by atoms with Crippen LogP contribution in [0.1, 0.15) is 22.4 Å². The highest BCUT2D eigenvalue weighted by Crippen LogP contribution is 2.29. The third kappa shape index (κ3) is 1.29. The average Bonchev–Trinajstić information content (AvgIpc) is 2.47. The van der Waals surface area contributed by atoms with Crippen LogP contribution in [0.25, 0.3) is 10.9 Å². The minimum Gasteiger partial charge on any atom is -0.347 e. The smallest absolute Gasteiger partial charge is 0.0515 e. The number of hydrogen-bond donors (Lipinski definition) is 1. The lowest BCUT2D eigenvalue weighted by Gasteiger charge is -2.04. The predicted octanol–water partition coefficient (Wildman–Crippen LogP) is 2.56. The van der Waals surface area contributed by atoms with Crippen LogP contribution in [0.2, 0.25) is 0 Å². The van der Waals surface area contributed by atoms with Crippen LogP contribution < -0.4 is 5.73 Å². The summed E-state index contributed by atoms with van der Waals surface area (Å²) in [5.41, 5.74) is 12.4. The molecule has 0 aliphatic carbocycles. The highest BCUT2D eigenvalue weighted by atomic mass is 14.9. The molecule has 0 fully saturated rings. The Morgan fingerprint density at radius 3 is 2.33 bits per heavy atom. The molecule has 0 aliphatic heterocycles. The Hall–Kier alpha value is -1.28. The highest BCUT2D eigenvalue weighted by molar-refractivity contribution is 5.90. The first kappa shape index (κ1) is 10.2. The standard InChI is InChI=1S/C13H18N2/c1-8-5-6-9(2)13-12(8)11(7-14)10(3)15(13)4/h5-6H,7,14H2,1-4H3. The maximum atomic E-state index is 5.84. The number of fused-ring (bicyclic) bond motifs is 1. The molecule has 0 amide bonds. The fourth-order valence-electron chi connectivity index (χ4n) is 2.41. The molecule has 1 heterocycles. The van der Waals surface area contributed by atoms with Crippen molar-refractivity contribution in [3.63, 3.8) is 0 Å². The van der Waals surface area contributed by atoms with Crippen molar-refractivity contribution in [2.45, 2.75) is 27.3 Å². The monoisotopic (exact) mass is 202 g/mol. The van der Waals surface area contributed by atoms with E-state index in [-0.39, 0.29) is 0 Å². The van der Waals surface area contributed by atoms with Gasteiger partial charge < -0.3 is 10.3 Å². The summed E-state index contributed by atoms with van der Waals surface area (Å²) < 4.78 is 2.25. The Balaban J connectivity index is 3.02. The molecule has 0 atom stereocenters. The summed E-state index contributed by atoms with van der Waals surface area (Å²) >= 11 is 0. The van der Waals surface area contributed by atoms with E-state index in [1.54, 1.807) is 0 Å². The molecule has 15 heavy (non-hydrogen) atoms. The summed E-state index contributed by atoms with van der Waals surface area (Å²) in [6.07, 6.45) is 0. The highest BCUT2D eigenvalue weighted by Gasteiger charge is 2.13. The average molecular weight is 202 g/mol. The van der Waals surface area contributed by atoms with Gasteiger partial charge in [-0.15, -0.1) is 0 Å². The molecule has 0 radical (unpaired) electrons. The zero-order valence-corrected chi connectivity index (χ0v) is 9.89. The summed E-state index contributed by atoms with van der Waals surface area (Å²) in [7, 11) is 2.11. The molecule has 2 rings (SSSR count). The third-order valence-electron chi connectivity index (χ3n) is 3.37. The van der Waals surface area contributed by atoms with Gasteiger partial charge in [0.25, 0.3) is 0 Å². The number of nitrogens with zero attached hydrogens (tertiary/aromatic N) is 1. The van der Waals surface area contributed by atoms with Crippen LogP contribution in [-0.2, 0) is 13.6 Å². The van der Waals surface area contributed by atoms with Crippen molar-refractivity contribution >= 4 is 10.9 Å². The number of rotatable bonds is 1. The van der Waals surface area contributed by atoms with E-state index in [0.29, 0.717) is 6.54 Å². The fourth-order valence-corrected chi connectivity index (χ4v) is 2.41. The van der Waals surface area contributed by atoms with Gasteiger partial charge in [0.2, 0.25) is 0 Å². The first-order valence-electron chi connectivity index (χ1n) is 5.32. The zero-order valence-electron chi connectivity index (χ0n) is 9.89. The lowest BCUT2D eigenvalue weighted by Crippen LogP contribution is -1.99. The molecule has 1 aromatic heterocycles. The Labute approximate surface area is 90.7 Å². The molecule has 0 bridgehead atoms. The number of aryl methyl sites for hydroxylation is 3. The maximum absolute atomic E-state index is 5.84. The van der Waals surface area contributed by atoms with E-state index in [9.17, 15) is 0 Å². The number of nitrogens with two attached hydrogens (primary N) is 1. The van der Waals surface area contributed by atoms with Gasteiger partial charge in [-0.05, 0) is 37.5 Å². The van der Waals surface area contributed by atoms with Crippen LogP contribution in [0.5, 0.6) is 0 Å². The van der Waals surface area contributed by atoms with E-state index < -0.39 is 0 Å². The van der Waals surface area contributed by atoms with Gasteiger partial charge >= 0.3 is 0 Å². The topological polar surface area (TPSA) is 30.9 Å². The lowest BCUT2D eigenvalue weighted by molar-refractivity contribution is 0.891. The zero-order chi connectivity index (χ0) is 11.2. The normalized spacial score (nSPS) is 11.3. The molecule has 2 nitrogen and oxygen atoms in total. The molecule has 2 heteroatoms. The number of hydrogen-bond acceptors (Lipinski definition) is 1. The molecule has 80 valence electrons. The van der Waals surface area contributed by atoms with Crippen LogP contribution in [-0.4, -0.2) is 4.57 Å². The molecule has 2 aromatic rings. The molecule has 1 aromatic carbocycles. The number of benzene rings is 1. The van der Waals surface area contributed by atoms with Gasteiger partial charge in [0, 0.05) is 24.7 Å². The van der Waals surface area contributed by atoms with Crippen molar-refractivity contribution in [2.24, 2.45) is 12.8 Å². The van der Waals surface area contributed by atoms with Crippen molar-refractivity contribution in [2.75, 3.05) is 0 Å². The number of aromatic nitrogens is 1. The largest absolute Gasteiger partial charge is 0.347 e. The summed E-state index contributed by atoms with van der Waals surface area (Å²) in [5, 5.41) is 1.34. The van der Waals surface area contributed by atoms with Gasteiger partial charge in [-0.2, -0.15) is 0 Å². The van der Waals surface area contributed by atoms with Gasteiger partial charge in [0.05, 0.1) is 5.52 Å². The Morgan fingerprint density at radius 2 is 1.73 bits per heavy atom. The Bertz CT molecular complexity index is 521. The SMILES string of the molecule is Cc1ccc(C)c2c1c(CN)c(C)n2C. The van der Waals surface area contributed by atoms with Crippen molar-refractivity contribution in [3.8, 4) is 0 Å². The summed E-state index contributed by atoms with van der Waals surface area (Å²) in [5.74, 6) is 0. The summed E-state index contributed by atoms with van der Waals surface area (Å²) in [6.45, 7) is 7.07. The molecule has 2 N–H and O–H groups in total. The van der Waals surface area contributed by atoms with Crippen molar-refractivity contribution in [1.82, 2.24) is 4.57 Å². The van der Waals surface area contributed by atoms with Crippen molar-refractivity contribution in [1.29, 1.82) is 0 Å². The molecule has 0 aliphatic rings. The Kier molecular flexibility index (Phi) is 2.31. The van der Waals surface area contributed by atoms with Crippen molar-refractivity contribution in [3.05, 3.63) is 34.5 Å². The van der Waals surface area contributed by atoms with Gasteiger partial charge in [0.15, 0.2) is 0 Å². The van der Waals surface area contributed by atoms with E-state index >= 15 is 0 Å². The van der Waals surface area contributed by atoms with Gasteiger partial charge in [-0.25, -0.2) is 0 Å². The molecular formula is C13H18N2. The van der Waals surface area contributed by atoms with E-state index in [2.05, 4.69) is 44.5 Å². The quantitative estimate of drug-likeness (QED) is 0.757. The van der Waals surface area contributed by atoms with E-state index in [4.69, 9.17) is 5.73 Å². The first-order valence-corrected chi connectivity index (χ1v) is 5.32. The van der Waals surface area contributed by atoms with Crippen molar-refractivity contribution < 1.29 is 0 Å².